The fourth-order valence-corrected chi connectivity index (χ4v) is 4.35. The zero-order valence-corrected chi connectivity index (χ0v) is 18.1. The third-order valence-corrected chi connectivity index (χ3v) is 5.91. The van der Waals surface area contributed by atoms with Crippen LogP contribution in [-0.4, -0.2) is 31.6 Å². The lowest BCUT2D eigenvalue weighted by atomic mass is 10.00. The summed E-state index contributed by atoms with van der Waals surface area (Å²) in [5.41, 5.74) is 1.67. The SMILES string of the molecule is Cc1c(C(=O)Cc2cccc(F)c2F)c2cccc(Cl)c2n1CCCNS(C)(=O)=O. The van der Waals surface area contributed by atoms with Gasteiger partial charge in [0.15, 0.2) is 17.4 Å². The highest BCUT2D eigenvalue weighted by Crippen LogP contribution is 2.32. The van der Waals surface area contributed by atoms with Crippen molar-refractivity contribution in [2.45, 2.75) is 26.3 Å². The van der Waals surface area contributed by atoms with E-state index in [2.05, 4.69) is 4.72 Å². The summed E-state index contributed by atoms with van der Waals surface area (Å²) in [6.45, 7) is 2.42. The number of aromatic nitrogens is 1. The first-order valence-corrected chi connectivity index (χ1v) is 11.5. The number of fused-ring (bicyclic) bond motifs is 1. The Labute approximate surface area is 178 Å². The Hall–Kier alpha value is -2.29. The van der Waals surface area contributed by atoms with Crippen LogP contribution in [0.3, 0.4) is 0 Å². The molecule has 0 unspecified atom stereocenters. The summed E-state index contributed by atoms with van der Waals surface area (Å²) in [7, 11) is -3.30. The van der Waals surface area contributed by atoms with Gasteiger partial charge in [-0.25, -0.2) is 21.9 Å². The van der Waals surface area contributed by atoms with Crippen LogP contribution in [0.4, 0.5) is 8.78 Å². The number of nitrogens with zero attached hydrogens (tertiary/aromatic N) is 1. The predicted octanol–water partition coefficient (Wildman–Crippen LogP) is 4.25. The van der Waals surface area contributed by atoms with Crippen LogP contribution in [0, 0.1) is 18.6 Å². The quantitative estimate of drug-likeness (QED) is 0.409. The van der Waals surface area contributed by atoms with Gasteiger partial charge in [-0.15, -0.1) is 0 Å². The van der Waals surface area contributed by atoms with E-state index in [1.165, 1.54) is 12.1 Å². The normalized spacial score (nSPS) is 11.9. The molecule has 5 nitrogen and oxygen atoms in total. The molecule has 0 atom stereocenters. The minimum absolute atomic E-state index is 0.0142. The molecule has 0 saturated carbocycles. The molecule has 3 rings (SSSR count). The summed E-state index contributed by atoms with van der Waals surface area (Å²) < 4.78 is 54.4. The highest BCUT2D eigenvalue weighted by molar-refractivity contribution is 7.88. The molecule has 160 valence electrons. The molecule has 1 heterocycles. The van der Waals surface area contributed by atoms with Crippen molar-refractivity contribution in [3.05, 3.63) is 69.9 Å². The number of carbonyl (C=O) groups excluding carboxylic acids is 1. The number of Topliss-reactive ketones (excluding diaryl/α,β-unsaturated/α-hetero) is 1. The number of hydrogen-bond acceptors (Lipinski definition) is 3. The van der Waals surface area contributed by atoms with Crippen molar-refractivity contribution >= 4 is 38.3 Å². The van der Waals surface area contributed by atoms with Gasteiger partial charge in [0, 0.05) is 36.2 Å². The van der Waals surface area contributed by atoms with E-state index >= 15 is 0 Å². The van der Waals surface area contributed by atoms with Crippen LogP contribution < -0.4 is 4.72 Å². The monoisotopic (exact) mass is 454 g/mol. The van der Waals surface area contributed by atoms with E-state index in [1.54, 1.807) is 25.1 Å². The molecule has 1 aromatic heterocycles. The number of halogens is 3. The molecule has 0 saturated heterocycles. The molecule has 9 heteroatoms. The van der Waals surface area contributed by atoms with Gasteiger partial charge < -0.3 is 4.57 Å². The van der Waals surface area contributed by atoms with Gasteiger partial charge in [-0.3, -0.25) is 4.79 Å². The lowest BCUT2D eigenvalue weighted by molar-refractivity contribution is 0.0992. The third-order valence-electron chi connectivity index (χ3n) is 4.88. The minimum atomic E-state index is -3.30. The number of benzene rings is 2. The fraction of sp³-hybridized carbons (Fsp3) is 0.286. The molecule has 0 fully saturated rings. The third kappa shape index (κ3) is 4.71. The van der Waals surface area contributed by atoms with Crippen molar-refractivity contribution in [3.8, 4) is 0 Å². The van der Waals surface area contributed by atoms with E-state index in [1.807, 2.05) is 4.57 Å². The molecular weight excluding hydrogens is 434 g/mol. The van der Waals surface area contributed by atoms with Crippen LogP contribution in [-0.2, 0) is 23.0 Å². The average Bonchev–Trinajstić information content (AvgIpc) is 2.94. The number of ketones is 1. The molecule has 0 aliphatic heterocycles. The van der Waals surface area contributed by atoms with Crippen molar-refractivity contribution < 1.29 is 22.0 Å². The van der Waals surface area contributed by atoms with Gasteiger partial charge in [-0.2, -0.15) is 0 Å². The summed E-state index contributed by atoms with van der Waals surface area (Å²) in [4.78, 5) is 13.1. The Kier molecular flexibility index (Phi) is 6.59. The van der Waals surface area contributed by atoms with Crippen molar-refractivity contribution in [1.29, 1.82) is 0 Å². The fourth-order valence-electron chi connectivity index (χ4n) is 3.56. The number of para-hydroxylation sites is 1. The molecule has 1 N–H and O–H groups in total. The first kappa shape index (κ1) is 22.4. The maximum Gasteiger partial charge on any atom is 0.208 e. The van der Waals surface area contributed by atoms with E-state index in [0.717, 1.165) is 12.3 Å². The smallest absolute Gasteiger partial charge is 0.208 e. The Morgan fingerprint density at radius 2 is 1.87 bits per heavy atom. The van der Waals surface area contributed by atoms with E-state index in [-0.39, 0.29) is 24.3 Å². The molecule has 0 bridgehead atoms. The minimum Gasteiger partial charge on any atom is -0.343 e. The van der Waals surface area contributed by atoms with Gasteiger partial charge in [0.25, 0.3) is 0 Å². The van der Waals surface area contributed by atoms with Crippen LogP contribution >= 0.6 is 11.6 Å². The first-order valence-electron chi connectivity index (χ1n) is 9.28. The molecule has 0 aliphatic carbocycles. The van der Waals surface area contributed by atoms with E-state index in [0.29, 0.717) is 40.1 Å². The maximum atomic E-state index is 14.1. The molecular formula is C21H21ClF2N2O3S. The van der Waals surface area contributed by atoms with Crippen LogP contribution in [0.5, 0.6) is 0 Å². The van der Waals surface area contributed by atoms with Crippen molar-refractivity contribution in [3.63, 3.8) is 0 Å². The number of hydrogen-bond donors (Lipinski definition) is 1. The van der Waals surface area contributed by atoms with Gasteiger partial charge in [0.2, 0.25) is 10.0 Å². The predicted molar refractivity (Wildman–Crippen MR) is 114 cm³/mol. The van der Waals surface area contributed by atoms with Gasteiger partial charge in [0.1, 0.15) is 0 Å². The zero-order chi connectivity index (χ0) is 22.1. The molecule has 0 amide bonds. The standard InChI is InChI=1S/C21H21ClF2N2O3S/c1-13-19(18(27)12-14-6-3-9-17(23)20(14)24)15-7-4-8-16(22)21(15)26(13)11-5-10-25-30(2,28)29/h3-4,6-9,25H,5,10-12H2,1-2H3. The Morgan fingerprint density at radius 3 is 2.57 bits per heavy atom. The highest BCUT2D eigenvalue weighted by atomic mass is 35.5. The molecule has 3 aromatic rings. The van der Waals surface area contributed by atoms with Crippen LogP contribution in [0.15, 0.2) is 36.4 Å². The molecule has 2 aromatic carbocycles. The van der Waals surface area contributed by atoms with Crippen molar-refractivity contribution in [1.82, 2.24) is 9.29 Å². The maximum absolute atomic E-state index is 14.1. The Balaban J connectivity index is 1.97. The van der Waals surface area contributed by atoms with Gasteiger partial charge in [0.05, 0.1) is 16.8 Å². The zero-order valence-electron chi connectivity index (χ0n) is 16.5. The number of nitrogens with one attached hydrogen (secondary N) is 1. The number of rotatable bonds is 8. The highest BCUT2D eigenvalue weighted by Gasteiger charge is 2.23. The second kappa shape index (κ2) is 8.83. The lowest BCUT2D eigenvalue weighted by Crippen LogP contribution is -2.24. The number of carbonyl (C=O) groups is 1. The summed E-state index contributed by atoms with van der Waals surface area (Å²) in [6, 6.07) is 8.94. The largest absolute Gasteiger partial charge is 0.343 e. The summed E-state index contributed by atoms with van der Waals surface area (Å²) in [6.07, 6.45) is 1.28. The van der Waals surface area contributed by atoms with Crippen LogP contribution in [0.25, 0.3) is 10.9 Å². The molecule has 0 aliphatic rings. The second-order valence-corrected chi connectivity index (χ2v) is 9.32. The van der Waals surface area contributed by atoms with E-state index < -0.39 is 21.7 Å². The van der Waals surface area contributed by atoms with Crippen LogP contribution in [0.1, 0.15) is 28.0 Å². The van der Waals surface area contributed by atoms with Crippen molar-refractivity contribution in [2.75, 3.05) is 12.8 Å². The van der Waals surface area contributed by atoms with Gasteiger partial charge in [-0.1, -0.05) is 35.9 Å². The van der Waals surface area contributed by atoms with Crippen LogP contribution in [0.2, 0.25) is 5.02 Å². The van der Waals surface area contributed by atoms with Gasteiger partial charge >= 0.3 is 0 Å². The van der Waals surface area contributed by atoms with E-state index in [4.69, 9.17) is 11.6 Å². The first-order chi connectivity index (χ1) is 14.1. The number of sulfonamides is 1. The summed E-state index contributed by atoms with van der Waals surface area (Å²) >= 11 is 6.39. The molecule has 30 heavy (non-hydrogen) atoms. The lowest BCUT2D eigenvalue weighted by Gasteiger charge is -2.10. The summed E-state index contributed by atoms with van der Waals surface area (Å²) in [5, 5.41) is 1.07. The van der Waals surface area contributed by atoms with Gasteiger partial charge in [-0.05, 0) is 31.0 Å². The summed E-state index contributed by atoms with van der Waals surface area (Å²) in [5.74, 6) is -2.38. The number of aryl methyl sites for hydroxylation is 1. The topological polar surface area (TPSA) is 68.2 Å². The average molecular weight is 455 g/mol. The Bertz CT molecular complexity index is 1220. The van der Waals surface area contributed by atoms with Crippen molar-refractivity contribution in [2.24, 2.45) is 0 Å². The molecule has 0 radical (unpaired) electrons. The van der Waals surface area contributed by atoms with E-state index in [9.17, 15) is 22.0 Å². The Morgan fingerprint density at radius 1 is 1.17 bits per heavy atom. The molecule has 0 spiro atoms. The second-order valence-electron chi connectivity index (χ2n) is 7.08.